The zero-order chi connectivity index (χ0) is 15.2. The molecule has 0 heterocycles. The summed E-state index contributed by atoms with van der Waals surface area (Å²) in [6.07, 6.45) is 0. The number of benzene rings is 2. The van der Waals surface area contributed by atoms with Crippen molar-refractivity contribution in [1.82, 2.24) is 0 Å². The summed E-state index contributed by atoms with van der Waals surface area (Å²) in [6.45, 7) is 1.74. The molecule has 0 saturated heterocycles. The molecule has 0 fully saturated rings. The number of nitrogens with zero attached hydrogens (tertiary/aromatic N) is 3. The number of hydrogen-bond acceptors (Lipinski definition) is 5. The average molecular weight is 281 g/mol. The van der Waals surface area contributed by atoms with Crippen LogP contribution in [0.3, 0.4) is 0 Å². The van der Waals surface area contributed by atoms with Gasteiger partial charge in [-0.05, 0) is 48.9 Å². The molecule has 0 saturated carbocycles. The second-order valence-electron chi connectivity index (χ2n) is 4.21. The van der Waals surface area contributed by atoms with E-state index in [9.17, 15) is 10.1 Å². The van der Waals surface area contributed by atoms with E-state index in [1.54, 1.807) is 43.3 Å². The molecule has 0 bridgehead atoms. The van der Waals surface area contributed by atoms with E-state index in [0.29, 0.717) is 17.0 Å². The number of nitro groups is 1. The summed E-state index contributed by atoms with van der Waals surface area (Å²) in [5.74, 6) is 0.510. The molecule has 0 radical (unpaired) electrons. The van der Waals surface area contributed by atoms with Crippen molar-refractivity contribution in [3.8, 4) is 11.8 Å². The molecule has 0 N–H and O–H groups in total. The van der Waals surface area contributed by atoms with Crippen LogP contribution in [-0.4, -0.2) is 10.6 Å². The molecule has 2 rings (SSSR count). The lowest BCUT2D eigenvalue weighted by molar-refractivity contribution is -0.384. The number of nitriles is 1. The van der Waals surface area contributed by atoms with Crippen LogP contribution in [0.4, 0.5) is 5.69 Å². The lowest BCUT2D eigenvalue weighted by atomic mass is 10.1. The van der Waals surface area contributed by atoms with E-state index >= 15 is 0 Å². The largest absolute Gasteiger partial charge is 0.357 e. The minimum absolute atomic E-state index is 0.0274. The minimum atomic E-state index is -0.455. The van der Waals surface area contributed by atoms with Crippen LogP contribution in [0.25, 0.3) is 0 Å². The Morgan fingerprint density at radius 1 is 1.19 bits per heavy atom. The SMILES string of the molecule is C/C(=N/Oc1ccc(C#N)cc1)c1ccc([N+](=O)[O-])cc1. The second kappa shape index (κ2) is 6.30. The van der Waals surface area contributed by atoms with Crippen molar-refractivity contribution in [2.24, 2.45) is 5.16 Å². The number of non-ortho nitro benzene ring substituents is 1. The van der Waals surface area contributed by atoms with Gasteiger partial charge in [-0.2, -0.15) is 5.26 Å². The Morgan fingerprint density at radius 2 is 1.81 bits per heavy atom. The van der Waals surface area contributed by atoms with Gasteiger partial charge in [-0.25, -0.2) is 0 Å². The van der Waals surface area contributed by atoms with Crippen LogP contribution >= 0.6 is 0 Å². The van der Waals surface area contributed by atoms with E-state index in [4.69, 9.17) is 10.1 Å². The Bertz CT molecular complexity index is 713. The third kappa shape index (κ3) is 3.64. The first-order chi connectivity index (χ1) is 10.1. The van der Waals surface area contributed by atoms with E-state index in [1.165, 1.54) is 12.1 Å². The molecule has 0 aromatic heterocycles. The van der Waals surface area contributed by atoms with Crippen LogP contribution in [0.1, 0.15) is 18.1 Å². The quantitative estimate of drug-likeness (QED) is 0.488. The van der Waals surface area contributed by atoms with Crippen molar-refractivity contribution >= 4 is 11.4 Å². The van der Waals surface area contributed by atoms with Crippen molar-refractivity contribution in [3.05, 3.63) is 69.8 Å². The fraction of sp³-hybridized carbons (Fsp3) is 0.0667. The maximum Gasteiger partial charge on any atom is 0.269 e. The van der Waals surface area contributed by atoms with Gasteiger partial charge in [0.2, 0.25) is 0 Å². The predicted octanol–water partition coefficient (Wildman–Crippen LogP) is 3.27. The normalized spacial score (nSPS) is 10.8. The van der Waals surface area contributed by atoms with Gasteiger partial charge in [-0.1, -0.05) is 5.16 Å². The Hall–Kier alpha value is -3.20. The first-order valence-corrected chi connectivity index (χ1v) is 6.07. The highest BCUT2D eigenvalue weighted by Crippen LogP contribution is 2.14. The van der Waals surface area contributed by atoms with Crippen LogP contribution in [0.2, 0.25) is 0 Å². The average Bonchev–Trinajstić information content (AvgIpc) is 2.53. The predicted molar refractivity (Wildman–Crippen MR) is 77.1 cm³/mol. The molecule has 0 amide bonds. The van der Waals surface area contributed by atoms with Gasteiger partial charge < -0.3 is 4.84 Å². The number of oxime groups is 1. The zero-order valence-corrected chi connectivity index (χ0v) is 11.2. The minimum Gasteiger partial charge on any atom is -0.357 e. The van der Waals surface area contributed by atoms with Crippen molar-refractivity contribution in [3.63, 3.8) is 0 Å². The standard InChI is InChI=1S/C15H11N3O3/c1-11(13-4-6-14(7-5-13)18(19)20)17-21-15-8-2-12(10-16)3-9-15/h2-9H,1H3/b17-11-. The van der Waals surface area contributed by atoms with Gasteiger partial charge in [0, 0.05) is 12.1 Å². The number of nitro benzene ring substituents is 1. The second-order valence-corrected chi connectivity index (χ2v) is 4.21. The van der Waals surface area contributed by atoms with Gasteiger partial charge in [0.1, 0.15) is 0 Å². The molecule has 0 aliphatic heterocycles. The lowest BCUT2D eigenvalue weighted by Gasteiger charge is -2.02. The summed E-state index contributed by atoms with van der Waals surface area (Å²) in [6, 6.07) is 14.6. The summed E-state index contributed by atoms with van der Waals surface area (Å²) in [5, 5.41) is 23.2. The van der Waals surface area contributed by atoms with Crippen LogP contribution in [0, 0.1) is 21.4 Å². The Balaban J connectivity index is 2.09. The van der Waals surface area contributed by atoms with E-state index < -0.39 is 4.92 Å². The van der Waals surface area contributed by atoms with E-state index in [2.05, 4.69) is 5.16 Å². The van der Waals surface area contributed by atoms with Crippen LogP contribution in [0.15, 0.2) is 53.7 Å². The molecule has 6 heteroatoms. The van der Waals surface area contributed by atoms with E-state index in [-0.39, 0.29) is 5.69 Å². The van der Waals surface area contributed by atoms with Gasteiger partial charge in [0.25, 0.3) is 5.69 Å². The fourth-order valence-corrected chi connectivity index (χ4v) is 1.59. The van der Waals surface area contributed by atoms with Crippen LogP contribution in [0.5, 0.6) is 5.75 Å². The van der Waals surface area contributed by atoms with E-state index in [0.717, 1.165) is 5.56 Å². The van der Waals surface area contributed by atoms with Crippen molar-refractivity contribution in [2.45, 2.75) is 6.92 Å². The van der Waals surface area contributed by atoms with Gasteiger partial charge in [0.15, 0.2) is 5.75 Å². The van der Waals surface area contributed by atoms with Crippen molar-refractivity contribution < 1.29 is 9.76 Å². The van der Waals surface area contributed by atoms with Crippen molar-refractivity contribution in [1.29, 1.82) is 5.26 Å². The van der Waals surface area contributed by atoms with Gasteiger partial charge in [-0.15, -0.1) is 0 Å². The molecule has 21 heavy (non-hydrogen) atoms. The molecular weight excluding hydrogens is 270 g/mol. The maximum atomic E-state index is 10.6. The molecule has 0 unspecified atom stereocenters. The lowest BCUT2D eigenvalue weighted by Crippen LogP contribution is -1.98. The van der Waals surface area contributed by atoms with Crippen molar-refractivity contribution in [2.75, 3.05) is 0 Å². The molecule has 104 valence electrons. The monoisotopic (exact) mass is 281 g/mol. The van der Waals surface area contributed by atoms with Gasteiger partial charge >= 0.3 is 0 Å². The summed E-state index contributed by atoms with van der Waals surface area (Å²) in [5.41, 5.74) is 1.89. The number of hydrogen-bond donors (Lipinski definition) is 0. The summed E-state index contributed by atoms with van der Waals surface area (Å²) < 4.78 is 0. The highest BCUT2D eigenvalue weighted by atomic mass is 16.6. The highest BCUT2D eigenvalue weighted by Gasteiger charge is 2.05. The summed E-state index contributed by atoms with van der Waals surface area (Å²) in [4.78, 5) is 15.4. The maximum absolute atomic E-state index is 10.6. The Kier molecular flexibility index (Phi) is 4.26. The smallest absolute Gasteiger partial charge is 0.269 e. The summed E-state index contributed by atoms with van der Waals surface area (Å²) in [7, 11) is 0. The van der Waals surface area contributed by atoms with Crippen LogP contribution < -0.4 is 4.84 Å². The molecule has 0 aliphatic rings. The molecule has 2 aromatic carbocycles. The third-order valence-electron chi connectivity index (χ3n) is 2.77. The molecule has 2 aromatic rings. The zero-order valence-electron chi connectivity index (χ0n) is 11.2. The highest BCUT2D eigenvalue weighted by molar-refractivity contribution is 5.98. The fourth-order valence-electron chi connectivity index (χ4n) is 1.59. The molecule has 0 aliphatic carbocycles. The molecule has 0 spiro atoms. The first kappa shape index (κ1) is 14.2. The topological polar surface area (TPSA) is 88.5 Å². The number of rotatable bonds is 4. The third-order valence-corrected chi connectivity index (χ3v) is 2.77. The Morgan fingerprint density at radius 3 is 2.33 bits per heavy atom. The Labute approximate surface area is 121 Å². The molecule has 0 atom stereocenters. The summed E-state index contributed by atoms with van der Waals surface area (Å²) >= 11 is 0. The van der Waals surface area contributed by atoms with Gasteiger partial charge in [-0.3, -0.25) is 10.1 Å². The van der Waals surface area contributed by atoms with E-state index in [1.807, 2.05) is 6.07 Å². The first-order valence-electron chi connectivity index (χ1n) is 6.07. The van der Waals surface area contributed by atoms with Crippen LogP contribution in [-0.2, 0) is 0 Å². The molecule has 6 nitrogen and oxygen atoms in total. The molecular formula is C15H11N3O3. The van der Waals surface area contributed by atoms with Gasteiger partial charge in [0.05, 0.1) is 22.3 Å².